The molecule has 0 radical (unpaired) electrons. The summed E-state index contributed by atoms with van der Waals surface area (Å²) in [4.78, 5) is 27.4. The molecule has 1 unspecified atom stereocenters. The number of nitrogens with zero attached hydrogens (tertiary/aromatic N) is 4. The van der Waals surface area contributed by atoms with Gasteiger partial charge < -0.3 is 10.2 Å². The lowest BCUT2D eigenvalue weighted by atomic mass is 10.0. The molecule has 1 saturated heterocycles. The third-order valence-electron chi connectivity index (χ3n) is 4.83. The van der Waals surface area contributed by atoms with E-state index < -0.39 is 0 Å². The van der Waals surface area contributed by atoms with Gasteiger partial charge in [0.2, 0.25) is 0 Å². The molecule has 1 amide bonds. The van der Waals surface area contributed by atoms with Crippen molar-refractivity contribution in [3.63, 3.8) is 0 Å². The van der Waals surface area contributed by atoms with Gasteiger partial charge in [0, 0.05) is 42.8 Å². The zero-order chi connectivity index (χ0) is 16.4. The van der Waals surface area contributed by atoms with Crippen LogP contribution in [0.2, 0.25) is 0 Å². The van der Waals surface area contributed by atoms with E-state index in [9.17, 15) is 4.79 Å². The Morgan fingerprint density at radius 3 is 3.08 bits per heavy atom. The minimum Gasteiger partial charge on any atom is -0.365 e. The highest BCUT2D eigenvalue weighted by molar-refractivity contribution is 5.94. The second-order valence-electron chi connectivity index (χ2n) is 6.48. The minimum absolute atomic E-state index is 0.0579. The Morgan fingerprint density at radius 2 is 2.21 bits per heavy atom. The maximum atomic E-state index is 12.6. The average molecular weight is 323 g/mol. The number of aryl methyl sites for hydroxylation is 1. The topological polar surface area (TPSA) is 71.0 Å². The molecular weight excluding hydrogens is 302 g/mol. The molecule has 1 aliphatic carbocycles. The number of carbonyl (C=O) groups is 1. The SMILES string of the molecule is O=C(c1cccnc1)N1CCCC(Nc2ncnc3c2CCC3)C1. The van der Waals surface area contributed by atoms with Crippen molar-refractivity contribution in [2.75, 3.05) is 18.4 Å². The molecule has 1 aliphatic heterocycles. The van der Waals surface area contributed by atoms with Crippen LogP contribution in [0.25, 0.3) is 0 Å². The molecule has 4 rings (SSSR count). The van der Waals surface area contributed by atoms with E-state index in [1.54, 1.807) is 24.8 Å². The summed E-state index contributed by atoms with van der Waals surface area (Å²) in [7, 11) is 0. The van der Waals surface area contributed by atoms with E-state index in [0.29, 0.717) is 12.1 Å². The number of aromatic nitrogens is 3. The maximum Gasteiger partial charge on any atom is 0.255 e. The van der Waals surface area contributed by atoms with Crippen LogP contribution >= 0.6 is 0 Å². The van der Waals surface area contributed by atoms with Gasteiger partial charge in [-0.05, 0) is 44.2 Å². The average Bonchev–Trinajstić information content (AvgIpc) is 3.12. The molecule has 6 nitrogen and oxygen atoms in total. The van der Waals surface area contributed by atoms with Crippen LogP contribution in [0.4, 0.5) is 5.82 Å². The van der Waals surface area contributed by atoms with E-state index in [1.165, 1.54) is 11.3 Å². The molecule has 1 N–H and O–H groups in total. The van der Waals surface area contributed by atoms with Gasteiger partial charge in [-0.1, -0.05) is 0 Å². The van der Waals surface area contributed by atoms with Crippen molar-refractivity contribution in [1.82, 2.24) is 19.9 Å². The van der Waals surface area contributed by atoms with E-state index >= 15 is 0 Å². The lowest BCUT2D eigenvalue weighted by molar-refractivity contribution is 0.0714. The highest BCUT2D eigenvalue weighted by atomic mass is 16.2. The number of anilines is 1. The zero-order valence-corrected chi connectivity index (χ0v) is 13.6. The van der Waals surface area contributed by atoms with Crippen LogP contribution in [-0.2, 0) is 12.8 Å². The summed E-state index contributed by atoms with van der Waals surface area (Å²) in [5.74, 6) is 1.01. The van der Waals surface area contributed by atoms with E-state index in [-0.39, 0.29) is 11.9 Å². The lowest BCUT2D eigenvalue weighted by Crippen LogP contribution is -2.45. The molecule has 3 heterocycles. The van der Waals surface area contributed by atoms with Crippen molar-refractivity contribution in [3.8, 4) is 0 Å². The Bertz CT molecular complexity index is 733. The number of pyridine rings is 1. The molecular formula is C18H21N5O. The Morgan fingerprint density at radius 1 is 1.25 bits per heavy atom. The van der Waals surface area contributed by atoms with Crippen LogP contribution in [0.15, 0.2) is 30.9 Å². The quantitative estimate of drug-likeness (QED) is 0.936. The van der Waals surface area contributed by atoms with Crippen LogP contribution in [0, 0.1) is 0 Å². The van der Waals surface area contributed by atoms with Gasteiger partial charge in [0.15, 0.2) is 0 Å². The van der Waals surface area contributed by atoms with Gasteiger partial charge in [0.05, 0.1) is 5.56 Å². The molecule has 0 aromatic carbocycles. The Labute approximate surface area is 141 Å². The Hall–Kier alpha value is -2.50. The standard InChI is InChI=1S/C18H21N5O/c24-18(13-4-2-8-19-10-13)23-9-3-5-14(11-23)22-17-15-6-1-7-16(15)20-12-21-17/h2,4,8,10,12,14H,1,3,5-7,9,11H2,(H,20,21,22). The van der Waals surface area contributed by atoms with Gasteiger partial charge in [0.1, 0.15) is 12.1 Å². The summed E-state index contributed by atoms with van der Waals surface area (Å²) in [6.07, 6.45) is 10.3. The first-order valence-electron chi connectivity index (χ1n) is 8.60. The van der Waals surface area contributed by atoms with Crippen molar-refractivity contribution in [2.45, 2.75) is 38.1 Å². The number of piperidine rings is 1. The van der Waals surface area contributed by atoms with Crippen LogP contribution in [0.3, 0.4) is 0 Å². The summed E-state index contributed by atoms with van der Waals surface area (Å²) in [6.45, 7) is 1.50. The predicted octanol–water partition coefficient (Wildman–Crippen LogP) is 2.08. The van der Waals surface area contributed by atoms with E-state index in [4.69, 9.17) is 0 Å². The molecule has 1 atom stereocenters. The van der Waals surface area contributed by atoms with Crippen molar-refractivity contribution in [3.05, 3.63) is 47.7 Å². The molecule has 124 valence electrons. The fourth-order valence-electron chi connectivity index (χ4n) is 3.63. The van der Waals surface area contributed by atoms with Crippen molar-refractivity contribution in [2.24, 2.45) is 0 Å². The minimum atomic E-state index is 0.0579. The molecule has 24 heavy (non-hydrogen) atoms. The maximum absolute atomic E-state index is 12.6. The fourth-order valence-corrected chi connectivity index (χ4v) is 3.63. The molecule has 2 aromatic rings. The Balaban J connectivity index is 1.46. The van der Waals surface area contributed by atoms with Gasteiger partial charge in [0.25, 0.3) is 5.91 Å². The van der Waals surface area contributed by atoms with Gasteiger partial charge in [-0.2, -0.15) is 0 Å². The van der Waals surface area contributed by atoms with E-state index in [2.05, 4.69) is 20.3 Å². The third kappa shape index (κ3) is 2.96. The molecule has 6 heteroatoms. The summed E-state index contributed by atoms with van der Waals surface area (Å²) in [6, 6.07) is 3.86. The van der Waals surface area contributed by atoms with E-state index in [0.717, 1.165) is 44.5 Å². The second kappa shape index (κ2) is 6.55. The van der Waals surface area contributed by atoms with Gasteiger partial charge in [-0.25, -0.2) is 9.97 Å². The number of rotatable bonds is 3. The van der Waals surface area contributed by atoms with Crippen LogP contribution in [0.1, 0.15) is 40.9 Å². The second-order valence-corrected chi connectivity index (χ2v) is 6.48. The molecule has 0 bridgehead atoms. The number of amides is 1. The molecule has 0 spiro atoms. The summed E-state index contributed by atoms with van der Waals surface area (Å²) >= 11 is 0. The molecule has 0 saturated carbocycles. The van der Waals surface area contributed by atoms with E-state index in [1.807, 2.05) is 11.0 Å². The highest BCUT2D eigenvalue weighted by Crippen LogP contribution is 2.26. The first-order valence-corrected chi connectivity index (χ1v) is 8.60. The van der Waals surface area contributed by atoms with Crippen LogP contribution in [-0.4, -0.2) is 44.9 Å². The third-order valence-corrected chi connectivity index (χ3v) is 4.83. The molecule has 2 aliphatic rings. The smallest absolute Gasteiger partial charge is 0.255 e. The van der Waals surface area contributed by atoms with Gasteiger partial charge in [-0.15, -0.1) is 0 Å². The number of likely N-dealkylation sites (tertiary alicyclic amines) is 1. The number of fused-ring (bicyclic) bond motifs is 1. The molecule has 2 aromatic heterocycles. The highest BCUT2D eigenvalue weighted by Gasteiger charge is 2.26. The van der Waals surface area contributed by atoms with Crippen LogP contribution in [0.5, 0.6) is 0 Å². The first-order chi connectivity index (χ1) is 11.8. The summed E-state index contributed by atoms with van der Waals surface area (Å²) in [5, 5.41) is 3.56. The summed E-state index contributed by atoms with van der Waals surface area (Å²) < 4.78 is 0. The monoisotopic (exact) mass is 323 g/mol. The first kappa shape index (κ1) is 15.1. The Kier molecular flexibility index (Phi) is 4.11. The predicted molar refractivity (Wildman–Crippen MR) is 90.8 cm³/mol. The van der Waals surface area contributed by atoms with Gasteiger partial charge in [-0.3, -0.25) is 9.78 Å². The number of carbonyl (C=O) groups excluding carboxylic acids is 1. The number of nitrogens with one attached hydrogen (secondary N) is 1. The van der Waals surface area contributed by atoms with Gasteiger partial charge >= 0.3 is 0 Å². The molecule has 1 fully saturated rings. The normalized spacial score (nSPS) is 19.8. The number of hydrogen-bond acceptors (Lipinski definition) is 5. The largest absolute Gasteiger partial charge is 0.365 e. The zero-order valence-electron chi connectivity index (χ0n) is 13.6. The van der Waals surface area contributed by atoms with Crippen molar-refractivity contribution in [1.29, 1.82) is 0 Å². The number of hydrogen-bond donors (Lipinski definition) is 1. The lowest BCUT2D eigenvalue weighted by Gasteiger charge is -2.33. The van der Waals surface area contributed by atoms with Crippen molar-refractivity contribution >= 4 is 11.7 Å². The van der Waals surface area contributed by atoms with Crippen molar-refractivity contribution < 1.29 is 4.79 Å². The summed E-state index contributed by atoms with van der Waals surface area (Å²) in [5.41, 5.74) is 3.08. The fraction of sp³-hybridized carbons (Fsp3) is 0.444. The van der Waals surface area contributed by atoms with Crippen LogP contribution < -0.4 is 5.32 Å².